The minimum atomic E-state index is 0.000575. The molecule has 1 saturated carbocycles. The minimum absolute atomic E-state index is 0.000575. The number of nitrogen functional groups attached to an aromatic ring is 1. The van der Waals surface area contributed by atoms with E-state index in [0.29, 0.717) is 11.7 Å². The number of nitrogens with zero attached hydrogens (tertiary/aromatic N) is 6. The van der Waals surface area contributed by atoms with Gasteiger partial charge in [-0.1, -0.05) is 30.3 Å². The van der Waals surface area contributed by atoms with Crippen molar-refractivity contribution in [2.75, 3.05) is 39.0 Å². The molecule has 1 aromatic carbocycles. The van der Waals surface area contributed by atoms with E-state index in [1.165, 1.54) is 0 Å². The van der Waals surface area contributed by atoms with Crippen LogP contribution >= 0.6 is 11.3 Å². The Morgan fingerprint density at radius 3 is 2.62 bits per heavy atom. The number of aromatic nitrogens is 4. The van der Waals surface area contributed by atoms with Gasteiger partial charge < -0.3 is 16.0 Å². The molecule has 1 aliphatic carbocycles. The second-order valence-electron chi connectivity index (χ2n) is 10.8. The molecule has 1 amide bonds. The molecule has 1 saturated heterocycles. The molecule has 0 spiro atoms. The van der Waals surface area contributed by atoms with Gasteiger partial charge in [-0.05, 0) is 44.9 Å². The maximum absolute atomic E-state index is 13.1. The maximum atomic E-state index is 13.1. The number of nitrogens with one attached hydrogen (secondary N) is 1. The quantitative estimate of drug-likeness (QED) is 0.357. The van der Waals surface area contributed by atoms with Gasteiger partial charge in [-0.3, -0.25) is 14.1 Å². The maximum Gasteiger partial charge on any atom is 0.224 e. The Morgan fingerprint density at radius 2 is 1.85 bits per heavy atom. The van der Waals surface area contributed by atoms with E-state index in [-0.39, 0.29) is 24.3 Å². The van der Waals surface area contributed by atoms with Gasteiger partial charge in [0.05, 0.1) is 23.5 Å². The summed E-state index contributed by atoms with van der Waals surface area (Å²) in [5, 5.41) is 5.29. The first-order valence-corrected chi connectivity index (χ1v) is 14.9. The normalized spacial score (nSPS) is 20.8. The van der Waals surface area contributed by atoms with E-state index in [9.17, 15) is 4.79 Å². The monoisotopic (exact) mass is 556 g/mol. The van der Waals surface area contributed by atoms with Crippen LogP contribution in [0.2, 0.25) is 0 Å². The van der Waals surface area contributed by atoms with Crippen molar-refractivity contribution in [2.24, 2.45) is 0 Å². The van der Waals surface area contributed by atoms with Crippen LogP contribution in [0, 0.1) is 0 Å². The van der Waals surface area contributed by atoms with Crippen molar-refractivity contribution in [1.82, 2.24) is 34.5 Å². The fourth-order valence-corrected chi connectivity index (χ4v) is 6.59. The first kappa shape index (κ1) is 26.6. The number of thiazole rings is 1. The highest BCUT2D eigenvalue weighted by atomic mass is 32.1. The zero-order valence-corrected chi connectivity index (χ0v) is 23.7. The highest BCUT2D eigenvalue weighted by Gasteiger charge is 2.28. The van der Waals surface area contributed by atoms with Gasteiger partial charge in [-0.15, -0.1) is 11.3 Å². The number of piperazine rings is 1. The molecule has 0 bridgehead atoms. The van der Waals surface area contributed by atoms with Crippen molar-refractivity contribution in [3.05, 3.63) is 65.1 Å². The summed E-state index contributed by atoms with van der Waals surface area (Å²) in [6.45, 7) is 4.58. The third-order valence-corrected chi connectivity index (χ3v) is 8.89. The van der Waals surface area contributed by atoms with E-state index in [0.717, 1.165) is 79.3 Å². The molecule has 3 aromatic heterocycles. The number of imidazole rings is 1. The number of benzene rings is 1. The van der Waals surface area contributed by atoms with Crippen LogP contribution in [0.1, 0.15) is 42.6 Å². The molecule has 4 heterocycles. The Balaban J connectivity index is 1.13. The third-order valence-electron chi connectivity index (χ3n) is 8.13. The number of rotatable bonds is 7. The molecule has 2 aliphatic rings. The van der Waals surface area contributed by atoms with Crippen molar-refractivity contribution < 1.29 is 4.79 Å². The Kier molecular flexibility index (Phi) is 7.90. The molecule has 3 N–H and O–H groups in total. The summed E-state index contributed by atoms with van der Waals surface area (Å²) in [7, 11) is 2.19. The smallest absolute Gasteiger partial charge is 0.224 e. The number of hydrogen-bond acceptors (Lipinski definition) is 8. The van der Waals surface area contributed by atoms with Gasteiger partial charge >= 0.3 is 0 Å². The predicted octanol–water partition coefficient (Wildman–Crippen LogP) is 3.82. The van der Waals surface area contributed by atoms with Gasteiger partial charge in [0.2, 0.25) is 11.9 Å². The second kappa shape index (κ2) is 11.9. The fraction of sp³-hybridized carbons (Fsp3) is 0.400. The summed E-state index contributed by atoms with van der Waals surface area (Å²) in [5.74, 6) is 0.184. The summed E-state index contributed by atoms with van der Waals surface area (Å²) >= 11 is 1.59. The van der Waals surface area contributed by atoms with Crippen LogP contribution in [0.25, 0.3) is 28.4 Å². The van der Waals surface area contributed by atoms with Crippen LogP contribution in [0.3, 0.4) is 0 Å². The second-order valence-corrected chi connectivity index (χ2v) is 11.7. The highest BCUT2D eigenvalue weighted by Crippen LogP contribution is 2.28. The lowest BCUT2D eigenvalue weighted by atomic mass is 9.89. The Bertz CT molecular complexity index is 1480. The number of likely N-dealkylation sites (N-methyl/N-ethyl adjacent to an activating group) is 1. The van der Waals surface area contributed by atoms with Crippen molar-refractivity contribution >= 4 is 40.3 Å². The molecule has 6 rings (SSSR count). The van der Waals surface area contributed by atoms with Crippen molar-refractivity contribution in [1.29, 1.82) is 0 Å². The fourth-order valence-electron chi connectivity index (χ4n) is 5.87. The molecule has 0 unspecified atom stereocenters. The lowest BCUT2D eigenvalue weighted by Crippen LogP contribution is -2.51. The largest absolute Gasteiger partial charge is 0.368 e. The number of hydrogen-bond donors (Lipinski definition) is 2. The van der Waals surface area contributed by atoms with Gasteiger partial charge in [0.1, 0.15) is 0 Å². The van der Waals surface area contributed by atoms with Gasteiger partial charge in [-0.2, -0.15) is 0 Å². The summed E-state index contributed by atoms with van der Waals surface area (Å²) in [5.41, 5.74) is 10.2. The summed E-state index contributed by atoms with van der Waals surface area (Å²) in [4.78, 5) is 32.6. The number of fused-ring (bicyclic) bond motifs is 1. The van der Waals surface area contributed by atoms with Crippen molar-refractivity contribution in [2.45, 2.75) is 44.2 Å². The molecule has 10 heteroatoms. The number of amides is 1. The van der Waals surface area contributed by atoms with Crippen molar-refractivity contribution in [3.63, 3.8) is 0 Å². The molecule has 4 aromatic rings. The number of nitrogens with two attached hydrogens (primary N) is 1. The van der Waals surface area contributed by atoms with Crippen LogP contribution in [0.15, 0.2) is 48.1 Å². The van der Waals surface area contributed by atoms with E-state index in [1.54, 1.807) is 17.5 Å². The summed E-state index contributed by atoms with van der Waals surface area (Å²) in [6.07, 6.45) is 12.1. The molecule has 2 fully saturated rings. The van der Waals surface area contributed by atoms with E-state index in [1.807, 2.05) is 41.9 Å². The average molecular weight is 557 g/mol. The van der Waals surface area contributed by atoms with Gasteiger partial charge in [0, 0.05) is 67.2 Å². The van der Waals surface area contributed by atoms with Gasteiger partial charge in [0.25, 0.3) is 0 Å². The van der Waals surface area contributed by atoms with Crippen LogP contribution in [0.4, 0.5) is 5.95 Å². The Morgan fingerprint density at radius 1 is 1.07 bits per heavy atom. The zero-order chi connectivity index (χ0) is 27.5. The molecule has 9 nitrogen and oxygen atoms in total. The molecule has 0 radical (unpaired) electrons. The van der Waals surface area contributed by atoms with Crippen LogP contribution < -0.4 is 11.1 Å². The molecule has 208 valence electrons. The Labute approximate surface area is 238 Å². The zero-order valence-electron chi connectivity index (χ0n) is 22.9. The molecule has 40 heavy (non-hydrogen) atoms. The van der Waals surface area contributed by atoms with Gasteiger partial charge in [0.15, 0.2) is 4.96 Å². The molecular weight excluding hydrogens is 520 g/mol. The van der Waals surface area contributed by atoms with E-state index < -0.39 is 0 Å². The minimum Gasteiger partial charge on any atom is -0.368 e. The Hall–Kier alpha value is -3.60. The summed E-state index contributed by atoms with van der Waals surface area (Å²) in [6, 6.07) is 11.0. The molecular formula is C30H36N8OS. The standard InChI is InChI=1S/C30H36N8OS/c1-36-13-15-37(16-14-36)24-9-7-23(8-10-24)33-27(39)19-22-20-32-29(31)34-25(22)11-12-26-28(21-5-3-2-4-6-21)35-30-38(26)17-18-40-30/h2-6,11-12,17-18,20,23-24H,7-10,13-16,19H2,1H3,(H,33,39)(H2,31,32,34)/b12-11+. The van der Waals surface area contributed by atoms with Gasteiger partial charge in [-0.25, -0.2) is 15.0 Å². The average Bonchev–Trinajstić information content (AvgIpc) is 3.57. The van der Waals surface area contributed by atoms with Crippen LogP contribution in [-0.2, 0) is 11.2 Å². The predicted molar refractivity (Wildman–Crippen MR) is 161 cm³/mol. The number of carbonyl (C=O) groups excluding carboxylic acids is 1. The lowest BCUT2D eigenvalue weighted by Gasteiger charge is -2.41. The first-order valence-electron chi connectivity index (χ1n) is 14.1. The number of carbonyl (C=O) groups is 1. The van der Waals surface area contributed by atoms with Crippen molar-refractivity contribution in [3.8, 4) is 11.3 Å². The first-order chi connectivity index (χ1) is 19.5. The topological polar surface area (TPSA) is 105 Å². The SMILES string of the molecule is CN1CCN(C2CCC(NC(=O)Cc3cnc(N)nc3/C=C/c3c(-c4ccccc4)nc4sccn34)CC2)CC1. The van der Waals surface area contributed by atoms with Crippen LogP contribution in [-0.4, -0.2) is 80.4 Å². The molecule has 0 atom stereocenters. The summed E-state index contributed by atoms with van der Waals surface area (Å²) < 4.78 is 2.07. The van der Waals surface area contributed by atoms with E-state index >= 15 is 0 Å². The molecule has 1 aliphatic heterocycles. The van der Waals surface area contributed by atoms with E-state index in [4.69, 9.17) is 10.7 Å². The third kappa shape index (κ3) is 5.94. The highest BCUT2D eigenvalue weighted by molar-refractivity contribution is 7.15. The van der Waals surface area contributed by atoms with E-state index in [2.05, 4.69) is 48.7 Å². The number of anilines is 1. The van der Waals surface area contributed by atoms with Crippen LogP contribution in [0.5, 0.6) is 0 Å². The lowest BCUT2D eigenvalue weighted by molar-refractivity contribution is -0.121.